The molecule has 0 atom stereocenters. The summed E-state index contributed by atoms with van der Waals surface area (Å²) in [7, 11) is 1.59. The molecule has 0 bridgehead atoms. The van der Waals surface area contributed by atoms with E-state index in [0.717, 1.165) is 10.9 Å². The van der Waals surface area contributed by atoms with E-state index in [9.17, 15) is 4.79 Å². The van der Waals surface area contributed by atoms with Crippen molar-refractivity contribution in [1.82, 2.24) is 0 Å². The molecule has 4 heteroatoms. The maximum absolute atomic E-state index is 12.4. The van der Waals surface area contributed by atoms with Gasteiger partial charge in [-0.05, 0) is 30.3 Å². The van der Waals surface area contributed by atoms with Gasteiger partial charge in [0.25, 0.3) is 0 Å². The Bertz CT molecular complexity index is 1040. The van der Waals surface area contributed by atoms with Crippen LogP contribution in [0.5, 0.6) is 5.75 Å². The second-order valence-corrected chi connectivity index (χ2v) is 4.95. The summed E-state index contributed by atoms with van der Waals surface area (Å²) in [6, 6.07) is 14.2. The SMILES string of the molecule is COc1ccccc1-c1cc(=O)c2ccc3occc3c2o1. The number of ether oxygens (including phenoxy) is 1. The van der Waals surface area contributed by atoms with Gasteiger partial charge in [-0.3, -0.25) is 4.79 Å². The molecule has 0 aliphatic heterocycles. The lowest BCUT2D eigenvalue weighted by Gasteiger charge is -2.08. The molecule has 0 unspecified atom stereocenters. The van der Waals surface area contributed by atoms with Crippen molar-refractivity contribution in [3.8, 4) is 17.1 Å². The van der Waals surface area contributed by atoms with Crippen LogP contribution in [0.1, 0.15) is 0 Å². The van der Waals surface area contributed by atoms with E-state index in [4.69, 9.17) is 13.6 Å². The first-order chi connectivity index (χ1) is 10.8. The fraction of sp³-hybridized carbons (Fsp3) is 0.0556. The average molecular weight is 292 g/mol. The van der Waals surface area contributed by atoms with Crippen LogP contribution in [0.4, 0.5) is 0 Å². The summed E-state index contributed by atoms with van der Waals surface area (Å²) in [5.74, 6) is 1.13. The Morgan fingerprint density at radius 2 is 1.86 bits per heavy atom. The highest BCUT2D eigenvalue weighted by atomic mass is 16.5. The molecule has 0 saturated heterocycles. The van der Waals surface area contributed by atoms with Gasteiger partial charge in [0.2, 0.25) is 0 Å². The van der Waals surface area contributed by atoms with E-state index >= 15 is 0 Å². The van der Waals surface area contributed by atoms with E-state index in [0.29, 0.717) is 28.1 Å². The van der Waals surface area contributed by atoms with Crippen LogP contribution in [0.2, 0.25) is 0 Å². The topological polar surface area (TPSA) is 52.6 Å². The van der Waals surface area contributed by atoms with Crippen molar-refractivity contribution in [1.29, 1.82) is 0 Å². The van der Waals surface area contributed by atoms with Gasteiger partial charge in [-0.2, -0.15) is 0 Å². The van der Waals surface area contributed by atoms with Gasteiger partial charge in [0.05, 0.1) is 29.7 Å². The Balaban J connectivity index is 2.09. The van der Waals surface area contributed by atoms with Gasteiger partial charge in [0.15, 0.2) is 5.43 Å². The van der Waals surface area contributed by atoms with Crippen LogP contribution < -0.4 is 10.2 Å². The Morgan fingerprint density at radius 3 is 2.73 bits per heavy atom. The zero-order valence-electron chi connectivity index (χ0n) is 11.8. The first-order valence-electron chi connectivity index (χ1n) is 6.85. The van der Waals surface area contributed by atoms with Gasteiger partial charge in [-0.1, -0.05) is 12.1 Å². The Labute approximate surface area is 125 Å². The molecule has 0 saturated carbocycles. The quantitative estimate of drug-likeness (QED) is 0.555. The molecule has 2 aromatic heterocycles. The van der Waals surface area contributed by atoms with Gasteiger partial charge in [0.1, 0.15) is 22.7 Å². The summed E-state index contributed by atoms with van der Waals surface area (Å²) in [4.78, 5) is 12.4. The van der Waals surface area contributed by atoms with Crippen molar-refractivity contribution >= 4 is 21.9 Å². The summed E-state index contributed by atoms with van der Waals surface area (Å²) < 4.78 is 16.7. The zero-order valence-corrected chi connectivity index (χ0v) is 11.8. The summed E-state index contributed by atoms with van der Waals surface area (Å²) in [6.45, 7) is 0. The lowest BCUT2D eigenvalue weighted by molar-refractivity contribution is 0.415. The van der Waals surface area contributed by atoms with Crippen molar-refractivity contribution < 1.29 is 13.6 Å². The average Bonchev–Trinajstić information content (AvgIpc) is 3.03. The predicted molar refractivity (Wildman–Crippen MR) is 84.2 cm³/mol. The standard InChI is InChI=1S/C18H12O4/c1-20-15-5-3-2-4-12(15)17-10-14(19)11-6-7-16-13(8-9-21-16)18(11)22-17/h2-10H,1H3. The van der Waals surface area contributed by atoms with Gasteiger partial charge in [-0.15, -0.1) is 0 Å². The lowest BCUT2D eigenvalue weighted by atomic mass is 10.1. The van der Waals surface area contributed by atoms with Crippen LogP contribution in [0.15, 0.2) is 68.4 Å². The first kappa shape index (κ1) is 12.7. The second-order valence-electron chi connectivity index (χ2n) is 4.95. The maximum Gasteiger partial charge on any atom is 0.193 e. The Hall–Kier alpha value is -3.01. The largest absolute Gasteiger partial charge is 0.496 e. The summed E-state index contributed by atoms with van der Waals surface area (Å²) in [5, 5.41) is 1.32. The minimum Gasteiger partial charge on any atom is -0.496 e. The molecule has 4 rings (SSSR count). The van der Waals surface area contributed by atoms with Gasteiger partial charge in [0, 0.05) is 6.07 Å². The Morgan fingerprint density at radius 1 is 1.00 bits per heavy atom. The molecule has 0 radical (unpaired) electrons. The molecule has 0 aliphatic rings. The minimum absolute atomic E-state index is 0.0924. The highest BCUT2D eigenvalue weighted by molar-refractivity contribution is 6.02. The highest BCUT2D eigenvalue weighted by Crippen LogP contribution is 2.32. The molecule has 0 amide bonds. The number of methoxy groups -OCH3 is 1. The highest BCUT2D eigenvalue weighted by Gasteiger charge is 2.13. The Kier molecular flexibility index (Phi) is 2.76. The van der Waals surface area contributed by atoms with Crippen molar-refractivity contribution in [3.63, 3.8) is 0 Å². The van der Waals surface area contributed by atoms with Crippen molar-refractivity contribution in [2.75, 3.05) is 7.11 Å². The number of rotatable bonds is 2. The van der Waals surface area contributed by atoms with Crippen LogP contribution in [0, 0.1) is 0 Å². The van der Waals surface area contributed by atoms with E-state index in [-0.39, 0.29) is 5.43 Å². The minimum atomic E-state index is -0.0924. The monoisotopic (exact) mass is 292 g/mol. The third-order valence-corrected chi connectivity index (χ3v) is 3.70. The molecule has 2 aromatic carbocycles. The number of benzene rings is 2. The number of furan rings is 1. The van der Waals surface area contributed by atoms with E-state index in [1.807, 2.05) is 24.3 Å². The predicted octanol–water partition coefficient (Wildman–Crippen LogP) is 4.21. The zero-order chi connectivity index (χ0) is 15.1. The third-order valence-electron chi connectivity index (χ3n) is 3.70. The van der Waals surface area contributed by atoms with Crippen LogP contribution >= 0.6 is 0 Å². The van der Waals surface area contributed by atoms with Gasteiger partial charge < -0.3 is 13.6 Å². The summed E-state index contributed by atoms with van der Waals surface area (Å²) in [5.41, 5.74) is 1.86. The number of hydrogen-bond acceptors (Lipinski definition) is 4. The van der Waals surface area contributed by atoms with Crippen molar-refractivity contribution in [3.05, 3.63) is 65.0 Å². The smallest absolute Gasteiger partial charge is 0.193 e. The van der Waals surface area contributed by atoms with Crippen molar-refractivity contribution in [2.45, 2.75) is 0 Å². The molecular formula is C18H12O4. The third kappa shape index (κ3) is 1.81. The van der Waals surface area contributed by atoms with E-state index in [2.05, 4.69) is 0 Å². The second kappa shape index (κ2) is 4.77. The number of hydrogen-bond donors (Lipinski definition) is 0. The van der Waals surface area contributed by atoms with Crippen LogP contribution in [-0.4, -0.2) is 7.11 Å². The fourth-order valence-electron chi connectivity index (χ4n) is 2.64. The molecule has 108 valence electrons. The van der Waals surface area contributed by atoms with Crippen molar-refractivity contribution in [2.24, 2.45) is 0 Å². The molecule has 4 aromatic rings. The number of para-hydroxylation sites is 1. The van der Waals surface area contributed by atoms with E-state index in [1.165, 1.54) is 6.07 Å². The fourth-order valence-corrected chi connectivity index (χ4v) is 2.64. The normalized spacial score (nSPS) is 11.1. The van der Waals surface area contributed by atoms with Gasteiger partial charge in [-0.25, -0.2) is 0 Å². The molecular weight excluding hydrogens is 280 g/mol. The molecule has 22 heavy (non-hydrogen) atoms. The summed E-state index contributed by atoms with van der Waals surface area (Å²) >= 11 is 0. The van der Waals surface area contributed by atoms with Crippen LogP contribution in [0.25, 0.3) is 33.3 Å². The molecule has 0 N–H and O–H groups in total. The molecule has 4 nitrogen and oxygen atoms in total. The molecule has 0 spiro atoms. The first-order valence-corrected chi connectivity index (χ1v) is 6.85. The van der Waals surface area contributed by atoms with Gasteiger partial charge >= 0.3 is 0 Å². The number of fused-ring (bicyclic) bond motifs is 3. The van der Waals surface area contributed by atoms with E-state index in [1.54, 1.807) is 31.6 Å². The molecule has 2 heterocycles. The molecule has 0 fully saturated rings. The molecule has 0 aliphatic carbocycles. The van der Waals surface area contributed by atoms with Crippen LogP contribution in [0.3, 0.4) is 0 Å². The maximum atomic E-state index is 12.4. The summed E-state index contributed by atoms with van der Waals surface area (Å²) in [6.07, 6.45) is 1.58. The van der Waals surface area contributed by atoms with E-state index < -0.39 is 0 Å². The lowest BCUT2D eigenvalue weighted by Crippen LogP contribution is -2.00. The van der Waals surface area contributed by atoms with Crippen LogP contribution in [-0.2, 0) is 0 Å².